The molecule has 0 spiro atoms. The Kier molecular flexibility index (Phi) is 3.92. The number of carbonyl (C=O) groups excluding carboxylic acids is 1. The number of rotatable bonds is 3. The van der Waals surface area contributed by atoms with Crippen LogP contribution in [0.5, 0.6) is 0 Å². The van der Waals surface area contributed by atoms with Gasteiger partial charge in [0.1, 0.15) is 4.88 Å². The van der Waals surface area contributed by atoms with Crippen molar-refractivity contribution in [3.05, 3.63) is 64.0 Å². The second kappa shape index (κ2) is 5.85. The van der Waals surface area contributed by atoms with Crippen molar-refractivity contribution < 1.29 is 9.90 Å². The summed E-state index contributed by atoms with van der Waals surface area (Å²) in [5, 5.41) is 13.3. The predicted molar refractivity (Wildman–Crippen MR) is 87.2 cm³/mol. The Morgan fingerprint density at radius 3 is 2.76 bits per heavy atom. The van der Waals surface area contributed by atoms with Gasteiger partial charge in [0, 0.05) is 15.8 Å². The summed E-state index contributed by atoms with van der Waals surface area (Å²) in [6, 6.07) is 14.7. The second-order valence-corrected chi connectivity index (χ2v) is 5.98. The van der Waals surface area contributed by atoms with Crippen LogP contribution in [0.4, 0.5) is 5.69 Å². The van der Waals surface area contributed by atoms with Crippen molar-refractivity contribution in [3.8, 4) is 0 Å². The van der Waals surface area contributed by atoms with E-state index < -0.39 is 0 Å². The molecule has 0 aliphatic rings. The van der Waals surface area contributed by atoms with Gasteiger partial charge in [-0.1, -0.05) is 41.9 Å². The number of nitrogens with one attached hydrogen (secondary N) is 1. The number of anilines is 1. The number of hydrogen-bond donors (Lipinski definition) is 2. The Labute approximate surface area is 130 Å². The molecule has 0 aliphatic heterocycles. The highest BCUT2D eigenvalue weighted by Gasteiger charge is 2.16. The molecule has 106 valence electrons. The normalized spacial score (nSPS) is 10.8. The van der Waals surface area contributed by atoms with Gasteiger partial charge in [0.05, 0.1) is 11.6 Å². The van der Waals surface area contributed by atoms with E-state index in [2.05, 4.69) is 5.32 Å². The molecule has 1 aromatic heterocycles. The number of thiophene rings is 1. The van der Waals surface area contributed by atoms with Gasteiger partial charge >= 0.3 is 0 Å². The Bertz CT molecular complexity index is 813. The Hall–Kier alpha value is -1.88. The fraction of sp³-hybridized carbons (Fsp3) is 0.0625. The van der Waals surface area contributed by atoms with Crippen molar-refractivity contribution in [3.63, 3.8) is 0 Å². The average molecular weight is 318 g/mol. The monoisotopic (exact) mass is 317 g/mol. The number of halogens is 1. The molecule has 3 nitrogen and oxygen atoms in total. The lowest BCUT2D eigenvalue weighted by Crippen LogP contribution is -2.10. The van der Waals surface area contributed by atoms with Crippen LogP contribution in [-0.4, -0.2) is 11.0 Å². The molecule has 0 saturated heterocycles. The smallest absolute Gasteiger partial charge is 0.267 e. The van der Waals surface area contributed by atoms with Crippen LogP contribution in [0.3, 0.4) is 0 Å². The lowest BCUT2D eigenvalue weighted by atomic mass is 10.2. The van der Waals surface area contributed by atoms with Crippen LogP contribution >= 0.6 is 22.9 Å². The maximum absolute atomic E-state index is 12.4. The van der Waals surface area contributed by atoms with Crippen LogP contribution < -0.4 is 5.32 Å². The lowest BCUT2D eigenvalue weighted by molar-refractivity contribution is 0.103. The number of fused-ring (bicyclic) bond motifs is 1. The number of amides is 1. The molecule has 0 unspecified atom stereocenters. The van der Waals surface area contributed by atoms with Gasteiger partial charge in [-0.2, -0.15) is 0 Å². The minimum atomic E-state index is -0.240. The summed E-state index contributed by atoms with van der Waals surface area (Å²) in [6.45, 7) is -0.0621. The zero-order valence-electron chi connectivity index (χ0n) is 11.0. The van der Waals surface area contributed by atoms with Crippen LogP contribution in [0, 0.1) is 0 Å². The SMILES string of the molecule is O=C(Nc1cccc(CO)c1)c1sc2ccccc2c1Cl. The van der Waals surface area contributed by atoms with E-state index in [9.17, 15) is 4.79 Å². The van der Waals surface area contributed by atoms with Gasteiger partial charge in [-0.05, 0) is 23.8 Å². The molecule has 2 N–H and O–H groups in total. The van der Waals surface area contributed by atoms with Crippen LogP contribution in [0.1, 0.15) is 15.2 Å². The van der Waals surface area contributed by atoms with Crippen LogP contribution in [-0.2, 0) is 6.61 Å². The second-order valence-electron chi connectivity index (χ2n) is 4.55. The summed E-state index contributed by atoms with van der Waals surface area (Å²) in [6.07, 6.45) is 0. The molecule has 0 radical (unpaired) electrons. The van der Waals surface area contributed by atoms with E-state index >= 15 is 0 Å². The molecule has 3 aromatic rings. The first-order valence-corrected chi connectivity index (χ1v) is 7.56. The molecule has 1 heterocycles. The quantitative estimate of drug-likeness (QED) is 0.756. The highest BCUT2D eigenvalue weighted by Crippen LogP contribution is 2.35. The van der Waals surface area contributed by atoms with Crippen molar-refractivity contribution >= 4 is 44.6 Å². The molecule has 21 heavy (non-hydrogen) atoms. The van der Waals surface area contributed by atoms with Crippen molar-refractivity contribution in [1.82, 2.24) is 0 Å². The largest absolute Gasteiger partial charge is 0.392 e. The Morgan fingerprint density at radius 1 is 1.19 bits per heavy atom. The fourth-order valence-corrected chi connectivity index (χ4v) is 3.51. The molecule has 3 rings (SSSR count). The van der Waals surface area contributed by atoms with Gasteiger partial charge < -0.3 is 10.4 Å². The maximum Gasteiger partial charge on any atom is 0.267 e. The lowest BCUT2D eigenvalue weighted by Gasteiger charge is -2.05. The summed E-state index contributed by atoms with van der Waals surface area (Å²) in [5.41, 5.74) is 1.38. The highest BCUT2D eigenvalue weighted by atomic mass is 35.5. The molecule has 0 saturated carbocycles. The number of carbonyl (C=O) groups is 1. The van der Waals surface area contributed by atoms with Crippen LogP contribution in [0.2, 0.25) is 5.02 Å². The molecule has 1 amide bonds. The van der Waals surface area contributed by atoms with Crippen molar-refractivity contribution in [2.24, 2.45) is 0 Å². The van der Waals surface area contributed by atoms with Gasteiger partial charge in [-0.25, -0.2) is 0 Å². The number of hydrogen-bond acceptors (Lipinski definition) is 3. The fourth-order valence-electron chi connectivity index (χ4n) is 2.10. The van der Waals surface area contributed by atoms with Gasteiger partial charge in [0.25, 0.3) is 5.91 Å². The minimum Gasteiger partial charge on any atom is -0.392 e. The summed E-state index contributed by atoms with van der Waals surface area (Å²) >= 11 is 7.65. The Balaban J connectivity index is 1.91. The molecule has 0 atom stereocenters. The van der Waals surface area contributed by atoms with Gasteiger partial charge in [-0.15, -0.1) is 11.3 Å². The van der Waals surface area contributed by atoms with Crippen molar-refractivity contribution in [2.75, 3.05) is 5.32 Å². The molecular formula is C16H12ClNO2S. The van der Waals surface area contributed by atoms with E-state index in [1.807, 2.05) is 24.3 Å². The first kappa shape index (κ1) is 14.1. The van der Waals surface area contributed by atoms with Gasteiger partial charge in [-0.3, -0.25) is 4.79 Å². The number of benzene rings is 2. The molecule has 5 heteroatoms. The van der Waals surface area contributed by atoms with E-state index in [-0.39, 0.29) is 12.5 Å². The third-order valence-electron chi connectivity index (χ3n) is 3.11. The highest BCUT2D eigenvalue weighted by molar-refractivity contribution is 7.21. The predicted octanol–water partition coefficient (Wildman–Crippen LogP) is 4.30. The van der Waals surface area contributed by atoms with Crippen LogP contribution in [0.25, 0.3) is 10.1 Å². The third-order valence-corrected chi connectivity index (χ3v) is 4.78. The summed E-state index contributed by atoms with van der Waals surface area (Å²) in [7, 11) is 0. The first-order chi connectivity index (χ1) is 10.2. The van der Waals surface area contributed by atoms with Gasteiger partial charge in [0.2, 0.25) is 0 Å². The average Bonchev–Trinajstić information content (AvgIpc) is 2.85. The standard InChI is InChI=1S/C16H12ClNO2S/c17-14-12-6-1-2-7-13(12)21-15(14)16(20)18-11-5-3-4-10(8-11)9-19/h1-8,19H,9H2,(H,18,20). The maximum atomic E-state index is 12.4. The van der Waals surface area contributed by atoms with Crippen molar-refractivity contribution in [2.45, 2.75) is 6.61 Å². The molecule has 2 aromatic carbocycles. The Morgan fingerprint density at radius 2 is 2.00 bits per heavy atom. The van der Waals surface area contributed by atoms with E-state index in [1.54, 1.807) is 24.3 Å². The first-order valence-electron chi connectivity index (χ1n) is 6.37. The number of aliphatic hydroxyl groups excluding tert-OH is 1. The molecule has 0 bridgehead atoms. The topological polar surface area (TPSA) is 49.3 Å². The summed E-state index contributed by atoms with van der Waals surface area (Å²) in [4.78, 5) is 12.8. The molecule has 0 aliphatic carbocycles. The molecular weight excluding hydrogens is 306 g/mol. The van der Waals surface area contributed by atoms with Crippen LogP contribution in [0.15, 0.2) is 48.5 Å². The minimum absolute atomic E-state index is 0.0621. The van der Waals surface area contributed by atoms with E-state index in [0.717, 1.165) is 15.6 Å². The summed E-state index contributed by atoms with van der Waals surface area (Å²) < 4.78 is 0.983. The molecule has 0 fully saturated rings. The van der Waals surface area contributed by atoms with Crippen molar-refractivity contribution in [1.29, 1.82) is 0 Å². The van der Waals surface area contributed by atoms with Gasteiger partial charge in [0.15, 0.2) is 0 Å². The third kappa shape index (κ3) is 2.78. The number of aliphatic hydroxyl groups is 1. The van der Waals surface area contributed by atoms with E-state index in [1.165, 1.54) is 11.3 Å². The zero-order chi connectivity index (χ0) is 14.8. The van der Waals surface area contributed by atoms with E-state index in [0.29, 0.717) is 15.6 Å². The van der Waals surface area contributed by atoms with E-state index in [4.69, 9.17) is 16.7 Å². The summed E-state index contributed by atoms with van der Waals surface area (Å²) in [5.74, 6) is -0.240. The zero-order valence-corrected chi connectivity index (χ0v) is 12.5.